The van der Waals surface area contributed by atoms with Crippen LogP contribution in [0.4, 0.5) is 0 Å². The SMILES string of the molecule is CCNC1=CC=CCC1C#N. The van der Waals surface area contributed by atoms with E-state index in [9.17, 15) is 0 Å². The predicted molar refractivity (Wildman–Crippen MR) is 44.6 cm³/mol. The van der Waals surface area contributed by atoms with Gasteiger partial charge >= 0.3 is 0 Å². The number of rotatable bonds is 2. The van der Waals surface area contributed by atoms with Crippen molar-refractivity contribution in [3.05, 3.63) is 23.9 Å². The van der Waals surface area contributed by atoms with E-state index in [1.54, 1.807) is 0 Å². The highest BCUT2D eigenvalue weighted by Gasteiger charge is 2.12. The number of hydrogen-bond acceptors (Lipinski definition) is 2. The van der Waals surface area contributed by atoms with Crippen molar-refractivity contribution in [3.63, 3.8) is 0 Å². The highest BCUT2D eigenvalue weighted by atomic mass is 14.9. The van der Waals surface area contributed by atoms with Crippen LogP contribution in [0.25, 0.3) is 0 Å². The van der Waals surface area contributed by atoms with Crippen LogP contribution in [-0.2, 0) is 0 Å². The van der Waals surface area contributed by atoms with E-state index in [0.29, 0.717) is 0 Å². The second-order valence-corrected chi connectivity index (χ2v) is 2.50. The van der Waals surface area contributed by atoms with E-state index in [-0.39, 0.29) is 5.92 Å². The van der Waals surface area contributed by atoms with E-state index in [0.717, 1.165) is 18.7 Å². The third-order valence-corrected chi connectivity index (χ3v) is 1.70. The molecule has 0 aliphatic heterocycles. The van der Waals surface area contributed by atoms with E-state index in [4.69, 9.17) is 5.26 Å². The number of nitriles is 1. The first kappa shape index (κ1) is 7.87. The van der Waals surface area contributed by atoms with Crippen molar-refractivity contribution < 1.29 is 0 Å². The Bertz CT molecular complexity index is 220. The van der Waals surface area contributed by atoms with Gasteiger partial charge in [-0.25, -0.2) is 0 Å². The Morgan fingerprint density at radius 1 is 1.82 bits per heavy atom. The normalized spacial score (nSPS) is 22.2. The molecule has 2 nitrogen and oxygen atoms in total. The Balaban J connectivity index is 2.64. The summed E-state index contributed by atoms with van der Waals surface area (Å²) in [6.45, 7) is 2.92. The van der Waals surface area contributed by atoms with Crippen LogP contribution < -0.4 is 5.32 Å². The summed E-state index contributed by atoms with van der Waals surface area (Å²) < 4.78 is 0. The zero-order valence-electron chi connectivity index (χ0n) is 6.67. The van der Waals surface area contributed by atoms with Gasteiger partial charge in [0.1, 0.15) is 0 Å². The predicted octanol–water partition coefficient (Wildman–Crippen LogP) is 1.58. The summed E-state index contributed by atoms with van der Waals surface area (Å²) in [5.74, 6) is 0.0416. The van der Waals surface area contributed by atoms with Crippen LogP contribution in [0, 0.1) is 17.2 Å². The zero-order valence-corrected chi connectivity index (χ0v) is 6.67. The molecule has 2 heteroatoms. The lowest BCUT2D eigenvalue weighted by Gasteiger charge is -2.15. The van der Waals surface area contributed by atoms with Crippen LogP contribution in [0.2, 0.25) is 0 Å². The van der Waals surface area contributed by atoms with Crippen molar-refractivity contribution in [3.8, 4) is 6.07 Å². The van der Waals surface area contributed by atoms with E-state index in [1.165, 1.54) is 0 Å². The highest BCUT2D eigenvalue weighted by Crippen LogP contribution is 2.16. The summed E-state index contributed by atoms with van der Waals surface area (Å²) in [6.07, 6.45) is 6.83. The second-order valence-electron chi connectivity index (χ2n) is 2.50. The first-order valence-electron chi connectivity index (χ1n) is 3.88. The average Bonchev–Trinajstić information content (AvgIpc) is 2.06. The molecule has 1 rings (SSSR count). The molecular formula is C9H12N2. The molecule has 0 amide bonds. The molecule has 0 saturated carbocycles. The molecule has 11 heavy (non-hydrogen) atoms. The van der Waals surface area contributed by atoms with Gasteiger partial charge in [0.05, 0.1) is 12.0 Å². The van der Waals surface area contributed by atoms with Gasteiger partial charge in [0, 0.05) is 12.2 Å². The third kappa shape index (κ3) is 1.84. The Morgan fingerprint density at radius 3 is 3.27 bits per heavy atom. The van der Waals surface area contributed by atoms with Crippen LogP contribution in [0.1, 0.15) is 13.3 Å². The first-order valence-corrected chi connectivity index (χ1v) is 3.88. The van der Waals surface area contributed by atoms with E-state index in [1.807, 2.05) is 25.2 Å². The average molecular weight is 148 g/mol. The summed E-state index contributed by atoms with van der Waals surface area (Å²) >= 11 is 0. The van der Waals surface area contributed by atoms with E-state index >= 15 is 0 Å². The van der Waals surface area contributed by atoms with Gasteiger partial charge in [-0.15, -0.1) is 0 Å². The van der Waals surface area contributed by atoms with Crippen molar-refractivity contribution in [2.75, 3.05) is 6.54 Å². The van der Waals surface area contributed by atoms with Gasteiger partial charge in [0.25, 0.3) is 0 Å². The molecule has 0 radical (unpaired) electrons. The summed E-state index contributed by atoms with van der Waals surface area (Å²) in [5, 5.41) is 11.9. The summed E-state index contributed by atoms with van der Waals surface area (Å²) in [4.78, 5) is 0. The Labute approximate surface area is 67.2 Å². The van der Waals surface area contributed by atoms with Gasteiger partial charge in [-0.2, -0.15) is 5.26 Å². The quantitative estimate of drug-likeness (QED) is 0.645. The number of hydrogen-bond donors (Lipinski definition) is 1. The van der Waals surface area contributed by atoms with Crippen molar-refractivity contribution in [1.82, 2.24) is 5.32 Å². The molecule has 0 saturated heterocycles. The van der Waals surface area contributed by atoms with Crippen LogP contribution in [0.5, 0.6) is 0 Å². The molecule has 0 aromatic carbocycles. The molecule has 1 atom stereocenters. The molecule has 1 unspecified atom stereocenters. The van der Waals surface area contributed by atoms with E-state index < -0.39 is 0 Å². The fourth-order valence-electron chi connectivity index (χ4n) is 1.14. The van der Waals surface area contributed by atoms with Crippen LogP contribution in [0.3, 0.4) is 0 Å². The lowest BCUT2D eigenvalue weighted by atomic mass is 9.98. The number of nitrogens with one attached hydrogen (secondary N) is 1. The topological polar surface area (TPSA) is 35.8 Å². The summed E-state index contributed by atoms with van der Waals surface area (Å²) in [7, 11) is 0. The monoisotopic (exact) mass is 148 g/mol. The third-order valence-electron chi connectivity index (χ3n) is 1.70. The van der Waals surface area contributed by atoms with Gasteiger partial charge in [-0.05, 0) is 19.4 Å². The van der Waals surface area contributed by atoms with Gasteiger partial charge in [0.15, 0.2) is 0 Å². The molecule has 0 bridgehead atoms. The first-order chi connectivity index (χ1) is 5.38. The highest BCUT2D eigenvalue weighted by molar-refractivity contribution is 5.24. The summed E-state index contributed by atoms with van der Waals surface area (Å²) in [5.41, 5.74) is 1.05. The molecule has 1 aliphatic carbocycles. The van der Waals surface area contributed by atoms with Crippen molar-refractivity contribution in [1.29, 1.82) is 5.26 Å². The minimum atomic E-state index is 0.0416. The second kappa shape index (κ2) is 3.82. The van der Waals surface area contributed by atoms with Gasteiger partial charge < -0.3 is 5.32 Å². The maximum Gasteiger partial charge on any atom is 0.0893 e. The molecule has 58 valence electrons. The van der Waals surface area contributed by atoms with Crippen molar-refractivity contribution in [2.45, 2.75) is 13.3 Å². The van der Waals surface area contributed by atoms with Gasteiger partial charge in [-0.1, -0.05) is 12.2 Å². The lowest BCUT2D eigenvalue weighted by Crippen LogP contribution is -2.19. The molecule has 1 N–H and O–H groups in total. The number of nitrogens with zero attached hydrogens (tertiary/aromatic N) is 1. The fourth-order valence-corrected chi connectivity index (χ4v) is 1.14. The van der Waals surface area contributed by atoms with E-state index in [2.05, 4.69) is 11.4 Å². The maximum absolute atomic E-state index is 8.72. The minimum absolute atomic E-state index is 0.0416. The molecule has 1 aliphatic rings. The van der Waals surface area contributed by atoms with Gasteiger partial charge in [-0.3, -0.25) is 0 Å². The summed E-state index contributed by atoms with van der Waals surface area (Å²) in [6, 6.07) is 2.26. The van der Waals surface area contributed by atoms with Crippen LogP contribution in [-0.4, -0.2) is 6.54 Å². The molecule has 0 aromatic heterocycles. The number of allylic oxidation sites excluding steroid dienone is 4. The molecule has 0 fully saturated rings. The standard InChI is InChI=1S/C9H12N2/c1-2-11-9-6-4-3-5-8(9)7-10/h3-4,6,8,11H,2,5H2,1H3. The smallest absolute Gasteiger partial charge is 0.0893 e. The Kier molecular flexibility index (Phi) is 2.74. The maximum atomic E-state index is 8.72. The largest absolute Gasteiger partial charge is 0.388 e. The fraction of sp³-hybridized carbons (Fsp3) is 0.444. The van der Waals surface area contributed by atoms with Crippen molar-refractivity contribution >= 4 is 0 Å². The molecule has 0 aromatic rings. The van der Waals surface area contributed by atoms with Crippen LogP contribution >= 0.6 is 0 Å². The molecule has 0 spiro atoms. The zero-order chi connectivity index (χ0) is 8.10. The van der Waals surface area contributed by atoms with Gasteiger partial charge in [0.2, 0.25) is 0 Å². The minimum Gasteiger partial charge on any atom is -0.388 e. The van der Waals surface area contributed by atoms with Crippen molar-refractivity contribution in [2.24, 2.45) is 5.92 Å². The Hall–Kier alpha value is -1.23. The van der Waals surface area contributed by atoms with Crippen LogP contribution in [0.15, 0.2) is 23.9 Å². The lowest BCUT2D eigenvalue weighted by molar-refractivity contribution is 0.678. The molecular weight excluding hydrogens is 136 g/mol. The Morgan fingerprint density at radius 2 is 2.64 bits per heavy atom. The molecule has 0 heterocycles.